The molecule has 4 N–H and O–H groups in total. The molecular formula is C18H28N4O3. The van der Waals surface area contributed by atoms with Crippen molar-refractivity contribution in [3.63, 3.8) is 0 Å². The molecule has 1 aliphatic carbocycles. The Morgan fingerprint density at radius 1 is 1.36 bits per heavy atom. The lowest BCUT2D eigenvalue weighted by molar-refractivity contribution is -0.124. The Morgan fingerprint density at radius 3 is 2.64 bits per heavy atom. The van der Waals surface area contributed by atoms with Gasteiger partial charge in [-0.1, -0.05) is 0 Å². The number of ether oxygens (including phenoxy) is 1. The predicted molar refractivity (Wildman–Crippen MR) is 93.7 cm³/mol. The topological polar surface area (TPSA) is 95.5 Å². The molecule has 3 unspecified atom stereocenters. The highest BCUT2D eigenvalue weighted by Gasteiger charge is 2.37. The van der Waals surface area contributed by atoms with Crippen molar-refractivity contribution in [1.29, 1.82) is 0 Å². The minimum absolute atomic E-state index is 0.0309. The zero-order valence-electron chi connectivity index (χ0n) is 15.0. The fraction of sp³-hybridized carbons (Fsp3) is 0.667. The SMILES string of the molecule is COc1cncc(C(NC(=O)CC2C(C)NNC2C)C2CC(O)C2)c1. The summed E-state index contributed by atoms with van der Waals surface area (Å²) in [5, 5.41) is 12.9. The van der Waals surface area contributed by atoms with Crippen LogP contribution in [0.4, 0.5) is 0 Å². The lowest BCUT2D eigenvalue weighted by Crippen LogP contribution is -2.42. The number of hydrogen-bond donors (Lipinski definition) is 4. The summed E-state index contributed by atoms with van der Waals surface area (Å²) in [6.45, 7) is 4.17. The van der Waals surface area contributed by atoms with Gasteiger partial charge in [0.05, 0.1) is 25.5 Å². The predicted octanol–water partition coefficient (Wildman–Crippen LogP) is 0.910. The van der Waals surface area contributed by atoms with Crippen LogP contribution >= 0.6 is 0 Å². The van der Waals surface area contributed by atoms with Crippen molar-refractivity contribution in [2.45, 2.75) is 57.3 Å². The standard InChI is InChI=1S/C18H28N4O3/c1-10-16(11(2)22-21-10)7-17(24)20-18(12-4-14(23)5-12)13-6-15(25-3)9-19-8-13/h6,8-12,14,16,18,21-23H,4-5,7H2,1-3H3,(H,20,24). The molecule has 0 aromatic carbocycles. The van der Waals surface area contributed by atoms with Crippen molar-refractivity contribution >= 4 is 5.91 Å². The minimum Gasteiger partial charge on any atom is -0.495 e. The second-order valence-corrected chi connectivity index (χ2v) is 7.32. The second kappa shape index (κ2) is 7.68. The molecule has 0 spiro atoms. The van der Waals surface area contributed by atoms with Crippen molar-refractivity contribution < 1.29 is 14.6 Å². The first-order chi connectivity index (χ1) is 12.0. The van der Waals surface area contributed by atoms with Crippen LogP contribution in [0.15, 0.2) is 18.5 Å². The molecule has 1 saturated heterocycles. The highest BCUT2D eigenvalue weighted by molar-refractivity contribution is 5.77. The Labute approximate surface area is 148 Å². The van der Waals surface area contributed by atoms with Gasteiger partial charge in [0.1, 0.15) is 5.75 Å². The molecule has 3 atom stereocenters. The van der Waals surface area contributed by atoms with Crippen LogP contribution in [0.25, 0.3) is 0 Å². The van der Waals surface area contributed by atoms with E-state index in [2.05, 4.69) is 35.0 Å². The van der Waals surface area contributed by atoms with Crippen molar-refractivity contribution in [2.75, 3.05) is 7.11 Å². The molecule has 1 aromatic rings. The number of carbonyl (C=O) groups is 1. The molecule has 7 nitrogen and oxygen atoms in total. The lowest BCUT2D eigenvalue weighted by Gasteiger charge is -2.38. The van der Waals surface area contributed by atoms with Gasteiger partial charge in [-0.25, -0.2) is 0 Å². The molecule has 0 bridgehead atoms. The summed E-state index contributed by atoms with van der Waals surface area (Å²) in [6.07, 6.45) is 5.00. The van der Waals surface area contributed by atoms with Gasteiger partial charge in [-0.3, -0.25) is 20.6 Å². The third-order valence-corrected chi connectivity index (χ3v) is 5.51. The molecular weight excluding hydrogens is 320 g/mol. The van der Waals surface area contributed by atoms with E-state index in [0.717, 1.165) is 5.56 Å². The molecule has 1 amide bonds. The molecule has 25 heavy (non-hydrogen) atoms. The highest BCUT2D eigenvalue weighted by Crippen LogP contribution is 2.38. The van der Waals surface area contributed by atoms with E-state index in [1.54, 1.807) is 19.5 Å². The largest absolute Gasteiger partial charge is 0.495 e. The van der Waals surface area contributed by atoms with Crippen LogP contribution in [0.5, 0.6) is 5.75 Å². The third-order valence-electron chi connectivity index (χ3n) is 5.51. The number of hydrazine groups is 1. The monoisotopic (exact) mass is 348 g/mol. The van der Waals surface area contributed by atoms with Crippen molar-refractivity contribution in [2.24, 2.45) is 11.8 Å². The molecule has 2 heterocycles. The Kier molecular flexibility index (Phi) is 5.56. The molecule has 7 heteroatoms. The summed E-state index contributed by atoms with van der Waals surface area (Å²) < 4.78 is 5.26. The number of amides is 1. The van der Waals surface area contributed by atoms with Crippen LogP contribution in [0.1, 0.15) is 44.7 Å². The summed E-state index contributed by atoms with van der Waals surface area (Å²) in [4.78, 5) is 16.9. The first-order valence-electron chi connectivity index (χ1n) is 8.95. The van der Waals surface area contributed by atoms with Gasteiger partial charge >= 0.3 is 0 Å². The fourth-order valence-corrected chi connectivity index (χ4v) is 3.80. The molecule has 1 aliphatic heterocycles. The second-order valence-electron chi connectivity index (χ2n) is 7.32. The normalized spacial score (nSPS) is 32.7. The average molecular weight is 348 g/mol. The van der Waals surface area contributed by atoms with Gasteiger partial charge in [0.15, 0.2) is 0 Å². The maximum absolute atomic E-state index is 12.7. The number of carbonyl (C=O) groups excluding carboxylic acids is 1. The van der Waals surface area contributed by atoms with Crippen LogP contribution < -0.4 is 20.9 Å². The molecule has 1 saturated carbocycles. The zero-order chi connectivity index (χ0) is 18.0. The molecule has 2 aliphatic rings. The summed E-state index contributed by atoms with van der Waals surface area (Å²) in [5.74, 6) is 1.17. The van der Waals surface area contributed by atoms with Gasteiger partial charge in [-0.05, 0) is 44.2 Å². The quantitative estimate of drug-likeness (QED) is 0.610. The Balaban J connectivity index is 1.70. The van der Waals surface area contributed by atoms with Crippen molar-refractivity contribution in [3.05, 3.63) is 24.0 Å². The lowest BCUT2D eigenvalue weighted by atomic mass is 9.75. The first kappa shape index (κ1) is 18.1. The van der Waals surface area contributed by atoms with Crippen LogP contribution in [0.2, 0.25) is 0 Å². The van der Waals surface area contributed by atoms with E-state index in [4.69, 9.17) is 4.74 Å². The maximum atomic E-state index is 12.7. The summed E-state index contributed by atoms with van der Waals surface area (Å²) in [5.41, 5.74) is 7.30. The number of nitrogens with one attached hydrogen (secondary N) is 3. The Morgan fingerprint density at radius 2 is 2.04 bits per heavy atom. The number of hydrogen-bond acceptors (Lipinski definition) is 6. The highest BCUT2D eigenvalue weighted by atomic mass is 16.5. The van der Waals surface area contributed by atoms with E-state index in [9.17, 15) is 9.90 Å². The molecule has 138 valence electrons. The van der Waals surface area contributed by atoms with Gasteiger partial charge in [0.2, 0.25) is 5.91 Å². The van der Waals surface area contributed by atoms with E-state index in [1.807, 2.05) is 6.07 Å². The number of nitrogens with zero attached hydrogens (tertiary/aromatic N) is 1. The van der Waals surface area contributed by atoms with Crippen molar-refractivity contribution in [1.82, 2.24) is 21.2 Å². The maximum Gasteiger partial charge on any atom is 0.220 e. The summed E-state index contributed by atoms with van der Waals surface area (Å²) in [6, 6.07) is 2.27. The fourth-order valence-electron chi connectivity index (χ4n) is 3.80. The van der Waals surface area contributed by atoms with Crippen LogP contribution in [-0.4, -0.2) is 41.3 Å². The number of aromatic nitrogens is 1. The van der Waals surface area contributed by atoms with Crippen molar-refractivity contribution in [3.8, 4) is 5.75 Å². The number of aliphatic hydroxyl groups excluding tert-OH is 1. The molecule has 0 radical (unpaired) electrons. The van der Waals surface area contributed by atoms with E-state index >= 15 is 0 Å². The van der Waals surface area contributed by atoms with Gasteiger partial charge in [-0.2, -0.15) is 0 Å². The number of pyridine rings is 1. The summed E-state index contributed by atoms with van der Waals surface area (Å²) >= 11 is 0. The van der Waals surface area contributed by atoms with Crippen LogP contribution in [-0.2, 0) is 4.79 Å². The molecule has 1 aromatic heterocycles. The third kappa shape index (κ3) is 4.11. The number of rotatable bonds is 6. The van der Waals surface area contributed by atoms with Gasteiger partial charge in [0, 0.05) is 30.6 Å². The van der Waals surface area contributed by atoms with Gasteiger partial charge in [-0.15, -0.1) is 0 Å². The van der Waals surface area contributed by atoms with E-state index < -0.39 is 0 Å². The number of aliphatic hydroxyl groups is 1. The molecule has 3 rings (SSSR count). The zero-order valence-corrected chi connectivity index (χ0v) is 15.0. The Bertz CT molecular complexity index is 596. The van der Waals surface area contributed by atoms with Gasteiger partial charge in [0.25, 0.3) is 0 Å². The van der Waals surface area contributed by atoms with Gasteiger partial charge < -0.3 is 15.2 Å². The average Bonchev–Trinajstić information content (AvgIpc) is 2.89. The van der Waals surface area contributed by atoms with E-state index in [-0.39, 0.29) is 42.0 Å². The van der Waals surface area contributed by atoms with Crippen LogP contribution in [0, 0.1) is 11.8 Å². The Hall–Kier alpha value is -1.70. The van der Waals surface area contributed by atoms with E-state index in [0.29, 0.717) is 25.0 Å². The molecule has 2 fully saturated rings. The first-order valence-corrected chi connectivity index (χ1v) is 8.95. The van der Waals surface area contributed by atoms with Crippen LogP contribution in [0.3, 0.4) is 0 Å². The minimum atomic E-state index is -0.272. The smallest absolute Gasteiger partial charge is 0.220 e. The number of methoxy groups -OCH3 is 1. The van der Waals surface area contributed by atoms with E-state index in [1.165, 1.54) is 0 Å². The summed E-state index contributed by atoms with van der Waals surface area (Å²) in [7, 11) is 1.60.